The van der Waals surface area contributed by atoms with Gasteiger partial charge in [-0.3, -0.25) is 10.1 Å². The molecule has 1 aliphatic rings. The van der Waals surface area contributed by atoms with Gasteiger partial charge in [-0.2, -0.15) is 0 Å². The van der Waals surface area contributed by atoms with Gasteiger partial charge in [0, 0.05) is 0 Å². The highest BCUT2D eigenvalue weighted by atomic mass is 19.1. The SMILES string of the molecule is O=C1CNC(c2ccc(O)c(F)c2)N1. The summed E-state index contributed by atoms with van der Waals surface area (Å²) in [6, 6.07) is 4.01. The van der Waals surface area contributed by atoms with Crippen LogP contribution in [-0.2, 0) is 4.79 Å². The predicted octanol–water partition coefficient (Wildman–Crippen LogP) is 0.249. The number of aromatic hydroxyl groups is 1. The maximum Gasteiger partial charge on any atom is 0.235 e. The van der Waals surface area contributed by atoms with Gasteiger partial charge in [0.15, 0.2) is 11.6 Å². The van der Waals surface area contributed by atoms with Crippen molar-refractivity contribution in [2.75, 3.05) is 6.54 Å². The molecule has 1 aromatic rings. The molecule has 1 saturated heterocycles. The number of hydrogen-bond acceptors (Lipinski definition) is 3. The summed E-state index contributed by atoms with van der Waals surface area (Å²) in [5.74, 6) is -1.20. The third-order valence-electron chi connectivity index (χ3n) is 2.08. The molecule has 1 fully saturated rings. The standard InChI is InChI=1S/C9H9FN2O2/c10-6-3-5(1-2-7(6)13)9-11-4-8(14)12-9/h1-3,9,11,13H,4H2,(H,12,14). The molecule has 1 aromatic carbocycles. The summed E-state index contributed by atoms with van der Waals surface area (Å²) in [6.45, 7) is 0.229. The van der Waals surface area contributed by atoms with Crippen LogP contribution in [0, 0.1) is 5.82 Å². The van der Waals surface area contributed by atoms with Crippen LogP contribution in [0.3, 0.4) is 0 Å². The highest BCUT2D eigenvalue weighted by molar-refractivity contribution is 5.80. The van der Waals surface area contributed by atoms with Gasteiger partial charge in [-0.05, 0) is 17.7 Å². The van der Waals surface area contributed by atoms with Gasteiger partial charge in [-0.15, -0.1) is 0 Å². The number of carbonyl (C=O) groups is 1. The lowest BCUT2D eigenvalue weighted by Crippen LogP contribution is -2.22. The highest BCUT2D eigenvalue weighted by Gasteiger charge is 2.21. The molecule has 14 heavy (non-hydrogen) atoms. The summed E-state index contributed by atoms with van der Waals surface area (Å²) in [5, 5.41) is 14.4. The third kappa shape index (κ3) is 1.54. The number of phenolic OH excluding ortho intramolecular Hbond substituents is 1. The van der Waals surface area contributed by atoms with E-state index in [0.29, 0.717) is 5.56 Å². The molecule has 1 unspecified atom stereocenters. The Bertz CT molecular complexity index is 381. The number of rotatable bonds is 1. The van der Waals surface area contributed by atoms with Gasteiger partial charge in [0.1, 0.15) is 6.17 Å². The van der Waals surface area contributed by atoms with Crippen LogP contribution in [0.25, 0.3) is 0 Å². The lowest BCUT2D eigenvalue weighted by molar-refractivity contribution is -0.118. The Balaban J connectivity index is 2.24. The molecule has 1 atom stereocenters. The summed E-state index contributed by atoms with van der Waals surface area (Å²) >= 11 is 0. The zero-order chi connectivity index (χ0) is 10.1. The number of phenols is 1. The second-order valence-corrected chi connectivity index (χ2v) is 3.09. The minimum atomic E-state index is -0.689. The Morgan fingerprint density at radius 2 is 2.29 bits per heavy atom. The van der Waals surface area contributed by atoms with Crippen molar-refractivity contribution in [3.63, 3.8) is 0 Å². The molecule has 2 rings (SSSR count). The first-order valence-corrected chi connectivity index (χ1v) is 4.18. The van der Waals surface area contributed by atoms with Gasteiger partial charge in [0.25, 0.3) is 0 Å². The van der Waals surface area contributed by atoms with Crippen molar-refractivity contribution in [1.82, 2.24) is 10.6 Å². The molecular weight excluding hydrogens is 187 g/mol. The van der Waals surface area contributed by atoms with E-state index < -0.39 is 11.6 Å². The van der Waals surface area contributed by atoms with E-state index in [1.165, 1.54) is 12.1 Å². The van der Waals surface area contributed by atoms with E-state index in [9.17, 15) is 9.18 Å². The molecule has 0 saturated carbocycles. The monoisotopic (exact) mass is 196 g/mol. The minimum absolute atomic E-state index is 0.122. The van der Waals surface area contributed by atoms with Crippen molar-refractivity contribution in [1.29, 1.82) is 0 Å². The Morgan fingerprint density at radius 3 is 2.86 bits per heavy atom. The smallest absolute Gasteiger partial charge is 0.235 e. The van der Waals surface area contributed by atoms with Crippen LogP contribution in [-0.4, -0.2) is 17.6 Å². The zero-order valence-corrected chi connectivity index (χ0v) is 7.25. The normalized spacial score (nSPS) is 20.9. The number of carbonyl (C=O) groups excluding carboxylic acids is 1. The van der Waals surface area contributed by atoms with Gasteiger partial charge in [0.2, 0.25) is 5.91 Å². The average molecular weight is 196 g/mol. The third-order valence-corrected chi connectivity index (χ3v) is 2.08. The van der Waals surface area contributed by atoms with Crippen molar-refractivity contribution in [2.45, 2.75) is 6.17 Å². The molecule has 4 nitrogen and oxygen atoms in total. The van der Waals surface area contributed by atoms with Crippen molar-refractivity contribution in [3.8, 4) is 5.75 Å². The summed E-state index contributed by atoms with van der Waals surface area (Å²) < 4.78 is 12.9. The highest BCUT2D eigenvalue weighted by Crippen LogP contribution is 2.20. The first-order valence-electron chi connectivity index (χ1n) is 4.18. The molecule has 1 aliphatic heterocycles. The van der Waals surface area contributed by atoms with Crippen LogP contribution in [0.4, 0.5) is 4.39 Å². The topological polar surface area (TPSA) is 61.4 Å². The molecule has 1 amide bonds. The largest absolute Gasteiger partial charge is 0.505 e. The minimum Gasteiger partial charge on any atom is -0.505 e. The van der Waals surface area contributed by atoms with Crippen LogP contribution in [0.2, 0.25) is 0 Å². The van der Waals surface area contributed by atoms with E-state index in [2.05, 4.69) is 10.6 Å². The predicted molar refractivity (Wildman–Crippen MR) is 47.0 cm³/mol. The summed E-state index contributed by atoms with van der Waals surface area (Å²) in [7, 11) is 0. The molecule has 0 bridgehead atoms. The summed E-state index contributed by atoms with van der Waals surface area (Å²) in [4.78, 5) is 10.9. The van der Waals surface area contributed by atoms with E-state index in [1.807, 2.05) is 0 Å². The van der Waals surface area contributed by atoms with Crippen LogP contribution in [0.5, 0.6) is 5.75 Å². The molecule has 0 aromatic heterocycles. The Labute approximate surface area is 79.7 Å². The molecule has 0 spiro atoms. The molecule has 3 N–H and O–H groups in total. The molecule has 74 valence electrons. The fraction of sp³-hybridized carbons (Fsp3) is 0.222. The van der Waals surface area contributed by atoms with Crippen molar-refractivity contribution < 1.29 is 14.3 Å². The number of halogens is 1. The second kappa shape index (κ2) is 3.26. The fourth-order valence-corrected chi connectivity index (χ4v) is 1.36. The van der Waals surface area contributed by atoms with Crippen molar-refractivity contribution in [2.24, 2.45) is 0 Å². The Morgan fingerprint density at radius 1 is 1.50 bits per heavy atom. The second-order valence-electron chi connectivity index (χ2n) is 3.09. The van der Waals surface area contributed by atoms with Gasteiger partial charge >= 0.3 is 0 Å². The molecule has 0 radical (unpaired) electrons. The van der Waals surface area contributed by atoms with E-state index in [-0.39, 0.29) is 18.6 Å². The van der Waals surface area contributed by atoms with E-state index in [0.717, 1.165) is 0 Å². The van der Waals surface area contributed by atoms with E-state index in [4.69, 9.17) is 5.11 Å². The van der Waals surface area contributed by atoms with Gasteiger partial charge in [0.05, 0.1) is 6.54 Å². The molecule has 1 heterocycles. The first kappa shape index (κ1) is 8.96. The molecule has 0 aliphatic carbocycles. The lowest BCUT2D eigenvalue weighted by atomic mass is 10.1. The van der Waals surface area contributed by atoms with Crippen LogP contribution in [0.15, 0.2) is 18.2 Å². The fourth-order valence-electron chi connectivity index (χ4n) is 1.36. The van der Waals surface area contributed by atoms with Gasteiger partial charge in [-0.1, -0.05) is 6.07 Å². The van der Waals surface area contributed by atoms with E-state index in [1.54, 1.807) is 6.07 Å². The Hall–Kier alpha value is -1.62. The Kier molecular flexibility index (Phi) is 2.09. The number of hydrogen-bond donors (Lipinski definition) is 3. The summed E-state index contributed by atoms with van der Waals surface area (Å²) in [6.07, 6.45) is -0.363. The maximum absolute atomic E-state index is 12.9. The molecular formula is C9H9FN2O2. The average Bonchev–Trinajstić information content (AvgIpc) is 2.57. The maximum atomic E-state index is 12.9. The van der Waals surface area contributed by atoms with E-state index >= 15 is 0 Å². The zero-order valence-electron chi connectivity index (χ0n) is 7.25. The van der Waals surface area contributed by atoms with Crippen LogP contribution < -0.4 is 10.6 Å². The molecule has 5 heteroatoms. The van der Waals surface area contributed by atoms with Crippen LogP contribution in [0.1, 0.15) is 11.7 Å². The quantitative estimate of drug-likeness (QED) is 0.603. The lowest BCUT2D eigenvalue weighted by Gasteiger charge is -2.10. The summed E-state index contributed by atoms with van der Waals surface area (Å²) in [5.41, 5.74) is 0.589. The van der Waals surface area contributed by atoms with Crippen LogP contribution >= 0.6 is 0 Å². The van der Waals surface area contributed by atoms with Crippen molar-refractivity contribution in [3.05, 3.63) is 29.6 Å². The van der Waals surface area contributed by atoms with Crippen molar-refractivity contribution >= 4 is 5.91 Å². The number of benzene rings is 1. The van der Waals surface area contributed by atoms with Gasteiger partial charge in [-0.25, -0.2) is 4.39 Å². The van der Waals surface area contributed by atoms with Gasteiger partial charge < -0.3 is 10.4 Å². The first-order chi connectivity index (χ1) is 6.66. The number of nitrogens with one attached hydrogen (secondary N) is 2. The number of amides is 1.